The van der Waals surface area contributed by atoms with Crippen LogP contribution in [0, 0.1) is 0 Å². The number of ether oxygens (including phenoxy) is 1. The average Bonchev–Trinajstić information content (AvgIpc) is 2.75. The number of unbranched alkanes of at least 4 members (excludes halogenated alkanes) is 2. The van der Waals surface area contributed by atoms with Gasteiger partial charge >= 0.3 is 0 Å². The molecule has 17 heavy (non-hydrogen) atoms. The number of nitrogens with two attached hydrogens (primary N) is 1. The molecule has 0 saturated carbocycles. The average molecular weight is 298 g/mol. The van der Waals surface area contributed by atoms with Crippen LogP contribution in [0.4, 0.5) is 0 Å². The van der Waals surface area contributed by atoms with Crippen molar-refractivity contribution in [2.45, 2.75) is 45.1 Å². The molecular weight excluding hydrogens is 278 g/mol. The summed E-state index contributed by atoms with van der Waals surface area (Å²) >= 11 is 3.55. The maximum Gasteiger partial charge on any atom is 0.127 e. The molecule has 0 bridgehead atoms. The number of hydrogen-bond donors (Lipinski definition) is 1. The molecule has 1 atom stereocenters. The third-order valence-corrected chi connectivity index (χ3v) is 3.75. The minimum absolute atomic E-state index is 0.103. The number of halogens is 1. The maximum atomic E-state index is 6.28. The van der Waals surface area contributed by atoms with E-state index in [1.807, 2.05) is 0 Å². The minimum Gasteiger partial charge on any atom is -0.493 e. The molecule has 0 aromatic heterocycles. The van der Waals surface area contributed by atoms with Gasteiger partial charge in [-0.2, -0.15) is 0 Å². The molecule has 1 aliphatic rings. The molecule has 1 aromatic carbocycles. The summed E-state index contributed by atoms with van der Waals surface area (Å²) in [5, 5.41) is 0. The van der Waals surface area contributed by atoms with Crippen LogP contribution in [-0.2, 0) is 6.42 Å². The van der Waals surface area contributed by atoms with Gasteiger partial charge in [0.15, 0.2) is 0 Å². The van der Waals surface area contributed by atoms with Gasteiger partial charge in [-0.15, -0.1) is 0 Å². The van der Waals surface area contributed by atoms with Crippen LogP contribution in [0.3, 0.4) is 0 Å². The van der Waals surface area contributed by atoms with Crippen molar-refractivity contribution >= 4 is 15.9 Å². The first-order valence-corrected chi connectivity index (χ1v) is 7.22. The van der Waals surface area contributed by atoms with E-state index in [9.17, 15) is 0 Å². The zero-order valence-electron chi connectivity index (χ0n) is 10.3. The zero-order valence-corrected chi connectivity index (χ0v) is 11.9. The predicted octanol–water partition coefficient (Wildman–Crippen LogP) is 3.96. The van der Waals surface area contributed by atoms with Crippen LogP contribution in [-0.4, -0.2) is 6.61 Å². The Balaban J connectivity index is 2.14. The summed E-state index contributed by atoms with van der Waals surface area (Å²) in [5.74, 6) is 1.04. The Hall–Kier alpha value is -0.540. The van der Waals surface area contributed by atoms with E-state index < -0.39 is 0 Å². The summed E-state index contributed by atoms with van der Waals surface area (Å²) < 4.78 is 6.82. The van der Waals surface area contributed by atoms with Crippen molar-refractivity contribution in [3.05, 3.63) is 27.7 Å². The fraction of sp³-hybridized carbons (Fsp3) is 0.571. The van der Waals surface area contributed by atoms with E-state index in [0.29, 0.717) is 0 Å². The molecule has 0 spiro atoms. The second-order valence-corrected chi connectivity index (χ2v) is 5.60. The summed E-state index contributed by atoms with van der Waals surface area (Å²) in [6.07, 6.45) is 5.73. The normalized spacial score (nSPS) is 15.5. The Bertz CT molecular complexity index is 392. The second kappa shape index (κ2) is 5.87. The standard InChI is InChI=1S/C14H20BrNO/c1-2-3-4-5-13(16)12-9-11(15)8-10-6-7-17-14(10)12/h8-9,13H,2-7,16H2,1H3. The second-order valence-electron chi connectivity index (χ2n) is 4.68. The third kappa shape index (κ3) is 3.02. The Kier molecular flexibility index (Phi) is 4.46. The summed E-state index contributed by atoms with van der Waals surface area (Å²) in [7, 11) is 0. The van der Waals surface area contributed by atoms with Crippen LogP contribution in [0.2, 0.25) is 0 Å². The van der Waals surface area contributed by atoms with Crippen LogP contribution >= 0.6 is 15.9 Å². The number of benzene rings is 1. The lowest BCUT2D eigenvalue weighted by atomic mass is 9.98. The van der Waals surface area contributed by atoms with Gasteiger partial charge in [0.25, 0.3) is 0 Å². The van der Waals surface area contributed by atoms with Gasteiger partial charge in [-0.05, 0) is 24.1 Å². The molecule has 94 valence electrons. The molecule has 1 heterocycles. The molecule has 3 heteroatoms. The lowest BCUT2D eigenvalue weighted by Crippen LogP contribution is -2.11. The summed E-state index contributed by atoms with van der Waals surface area (Å²) in [4.78, 5) is 0. The predicted molar refractivity (Wildman–Crippen MR) is 74.4 cm³/mol. The van der Waals surface area contributed by atoms with Gasteiger partial charge in [-0.25, -0.2) is 0 Å². The van der Waals surface area contributed by atoms with Crippen molar-refractivity contribution in [1.82, 2.24) is 0 Å². The zero-order chi connectivity index (χ0) is 12.3. The quantitative estimate of drug-likeness (QED) is 0.835. The molecule has 0 radical (unpaired) electrons. The maximum absolute atomic E-state index is 6.28. The summed E-state index contributed by atoms with van der Waals surface area (Å²) in [6, 6.07) is 4.36. The number of rotatable bonds is 5. The molecule has 2 rings (SSSR count). The van der Waals surface area contributed by atoms with E-state index in [0.717, 1.165) is 29.7 Å². The Morgan fingerprint density at radius 3 is 3.00 bits per heavy atom. The monoisotopic (exact) mass is 297 g/mol. The molecule has 0 fully saturated rings. The molecule has 2 nitrogen and oxygen atoms in total. The molecule has 2 N–H and O–H groups in total. The Morgan fingerprint density at radius 2 is 2.24 bits per heavy atom. The van der Waals surface area contributed by atoms with Gasteiger partial charge in [-0.3, -0.25) is 0 Å². The highest BCUT2D eigenvalue weighted by atomic mass is 79.9. The van der Waals surface area contributed by atoms with Crippen molar-refractivity contribution in [3.8, 4) is 5.75 Å². The van der Waals surface area contributed by atoms with E-state index >= 15 is 0 Å². The Morgan fingerprint density at radius 1 is 1.41 bits per heavy atom. The molecule has 1 aliphatic heterocycles. The smallest absolute Gasteiger partial charge is 0.127 e. The van der Waals surface area contributed by atoms with Crippen molar-refractivity contribution in [2.24, 2.45) is 5.73 Å². The van der Waals surface area contributed by atoms with Gasteiger partial charge in [0.1, 0.15) is 5.75 Å². The van der Waals surface area contributed by atoms with E-state index in [1.165, 1.54) is 30.4 Å². The van der Waals surface area contributed by atoms with E-state index in [-0.39, 0.29) is 6.04 Å². The van der Waals surface area contributed by atoms with Crippen molar-refractivity contribution < 1.29 is 4.74 Å². The lowest BCUT2D eigenvalue weighted by Gasteiger charge is -2.16. The van der Waals surface area contributed by atoms with Crippen LogP contribution in [0.5, 0.6) is 5.75 Å². The number of hydrogen-bond acceptors (Lipinski definition) is 2. The molecule has 0 aliphatic carbocycles. The number of fused-ring (bicyclic) bond motifs is 1. The van der Waals surface area contributed by atoms with Gasteiger partial charge in [-0.1, -0.05) is 42.1 Å². The van der Waals surface area contributed by atoms with Crippen LogP contribution in [0.1, 0.15) is 49.8 Å². The van der Waals surface area contributed by atoms with Gasteiger partial charge in [0.05, 0.1) is 6.61 Å². The first-order chi connectivity index (χ1) is 8.22. The van der Waals surface area contributed by atoms with Gasteiger partial charge in [0.2, 0.25) is 0 Å². The first-order valence-electron chi connectivity index (χ1n) is 6.43. The fourth-order valence-corrected chi connectivity index (χ4v) is 2.87. The molecule has 1 aromatic rings. The van der Waals surface area contributed by atoms with Crippen LogP contribution < -0.4 is 10.5 Å². The fourth-order valence-electron chi connectivity index (χ4n) is 2.34. The molecular formula is C14H20BrNO. The van der Waals surface area contributed by atoms with Crippen molar-refractivity contribution in [3.63, 3.8) is 0 Å². The van der Waals surface area contributed by atoms with Crippen LogP contribution in [0.15, 0.2) is 16.6 Å². The minimum atomic E-state index is 0.103. The summed E-state index contributed by atoms with van der Waals surface area (Å²) in [6.45, 7) is 3.01. The van der Waals surface area contributed by atoms with E-state index in [1.54, 1.807) is 0 Å². The molecule has 1 unspecified atom stereocenters. The van der Waals surface area contributed by atoms with Crippen molar-refractivity contribution in [2.75, 3.05) is 6.61 Å². The van der Waals surface area contributed by atoms with Crippen LogP contribution in [0.25, 0.3) is 0 Å². The molecule has 0 saturated heterocycles. The van der Waals surface area contributed by atoms with E-state index in [4.69, 9.17) is 10.5 Å². The van der Waals surface area contributed by atoms with E-state index in [2.05, 4.69) is 35.0 Å². The SMILES string of the molecule is CCCCCC(N)c1cc(Br)cc2c1OCC2. The highest BCUT2D eigenvalue weighted by Crippen LogP contribution is 2.37. The molecule has 0 amide bonds. The topological polar surface area (TPSA) is 35.2 Å². The summed E-state index contributed by atoms with van der Waals surface area (Å²) in [5.41, 5.74) is 8.74. The van der Waals surface area contributed by atoms with Crippen molar-refractivity contribution in [1.29, 1.82) is 0 Å². The third-order valence-electron chi connectivity index (χ3n) is 3.30. The van der Waals surface area contributed by atoms with Gasteiger partial charge < -0.3 is 10.5 Å². The highest BCUT2D eigenvalue weighted by molar-refractivity contribution is 9.10. The highest BCUT2D eigenvalue weighted by Gasteiger charge is 2.20. The first kappa shape index (κ1) is 12.9. The van der Waals surface area contributed by atoms with Gasteiger partial charge in [0, 0.05) is 22.5 Å². The largest absolute Gasteiger partial charge is 0.493 e. The Labute approximate surface area is 112 Å². The lowest BCUT2D eigenvalue weighted by molar-refractivity contribution is 0.350.